The molecular formula is C11H17NO4S2. The molecule has 1 rings (SSSR count). The van der Waals surface area contributed by atoms with E-state index >= 15 is 0 Å². The van der Waals surface area contributed by atoms with Gasteiger partial charge in [0.15, 0.2) is 9.84 Å². The zero-order valence-electron chi connectivity index (χ0n) is 10.4. The Morgan fingerprint density at radius 1 is 1.11 bits per heavy atom. The van der Waals surface area contributed by atoms with E-state index in [1.165, 1.54) is 6.07 Å². The minimum absolute atomic E-state index is 0.0779. The van der Waals surface area contributed by atoms with Gasteiger partial charge in [0.05, 0.1) is 22.1 Å². The summed E-state index contributed by atoms with van der Waals surface area (Å²) >= 11 is 0. The van der Waals surface area contributed by atoms with Gasteiger partial charge >= 0.3 is 0 Å². The van der Waals surface area contributed by atoms with Crippen LogP contribution in [0, 0.1) is 6.92 Å². The molecule has 18 heavy (non-hydrogen) atoms. The van der Waals surface area contributed by atoms with Gasteiger partial charge in [0.2, 0.25) is 0 Å². The highest BCUT2D eigenvalue weighted by atomic mass is 32.2. The molecule has 0 unspecified atom stereocenters. The maximum atomic E-state index is 12.0. The van der Waals surface area contributed by atoms with Gasteiger partial charge < -0.3 is 5.73 Å². The average molecular weight is 291 g/mol. The molecule has 7 heteroatoms. The summed E-state index contributed by atoms with van der Waals surface area (Å²) in [6.45, 7) is 1.77. The molecule has 2 N–H and O–H groups in total. The lowest BCUT2D eigenvalue weighted by atomic mass is 10.2. The van der Waals surface area contributed by atoms with Crippen LogP contribution in [-0.2, 0) is 19.7 Å². The second-order valence-corrected chi connectivity index (χ2v) is 8.68. The number of nitrogen functional groups attached to an aromatic ring is 1. The SMILES string of the molecule is Cc1ccc(N)c(S(=O)(=O)CCCS(C)(=O)=O)c1. The molecule has 0 atom stereocenters. The van der Waals surface area contributed by atoms with E-state index < -0.39 is 19.7 Å². The van der Waals surface area contributed by atoms with Crippen LogP contribution in [0.3, 0.4) is 0 Å². The third kappa shape index (κ3) is 4.30. The van der Waals surface area contributed by atoms with Crippen molar-refractivity contribution in [2.75, 3.05) is 23.5 Å². The van der Waals surface area contributed by atoms with Crippen molar-refractivity contribution in [3.8, 4) is 0 Å². The molecule has 0 radical (unpaired) electrons. The van der Waals surface area contributed by atoms with Gasteiger partial charge in [-0.2, -0.15) is 0 Å². The van der Waals surface area contributed by atoms with E-state index in [4.69, 9.17) is 5.73 Å². The number of aryl methyl sites for hydroxylation is 1. The van der Waals surface area contributed by atoms with Crippen LogP contribution < -0.4 is 5.73 Å². The Morgan fingerprint density at radius 3 is 2.28 bits per heavy atom. The molecule has 0 aliphatic heterocycles. The summed E-state index contributed by atoms with van der Waals surface area (Å²) in [4.78, 5) is 0.0796. The Bertz CT molecular complexity index is 633. The van der Waals surface area contributed by atoms with Crippen molar-refractivity contribution >= 4 is 25.4 Å². The smallest absolute Gasteiger partial charge is 0.180 e. The van der Waals surface area contributed by atoms with E-state index in [2.05, 4.69) is 0 Å². The molecule has 0 spiro atoms. The summed E-state index contributed by atoms with van der Waals surface area (Å²) < 4.78 is 45.9. The normalized spacial score (nSPS) is 12.6. The van der Waals surface area contributed by atoms with Crippen LogP contribution in [0.2, 0.25) is 0 Å². The van der Waals surface area contributed by atoms with E-state index in [9.17, 15) is 16.8 Å². The van der Waals surface area contributed by atoms with Gasteiger partial charge in [-0.05, 0) is 31.0 Å². The fourth-order valence-corrected chi connectivity index (χ4v) is 3.92. The Hall–Kier alpha value is -1.08. The van der Waals surface area contributed by atoms with Gasteiger partial charge in [-0.3, -0.25) is 0 Å². The number of rotatable bonds is 5. The van der Waals surface area contributed by atoms with Crippen LogP contribution in [0.15, 0.2) is 23.1 Å². The van der Waals surface area contributed by atoms with Crippen LogP contribution in [0.5, 0.6) is 0 Å². The third-order valence-electron chi connectivity index (χ3n) is 2.43. The number of anilines is 1. The lowest BCUT2D eigenvalue weighted by Crippen LogP contribution is -2.13. The number of hydrogen-bond acceptors (Lipinski definition) is 5. The third-order valence-corrected chi connectivity index (χ3v) is 5.31. The number of nitrogens with two attached hydrogens (primary N) is 1. The molecule has 0 saturated carbocycles. The Labute approximate surface area is 108 Å². The van der Waals surface area contributed by atoms with Crippen molar-refractivity contribution < 1.29 is 16.8 Å². The number of benzene rings is 1. The second kappa shape index (κ2) is 5.27. The highest BCUT2D eigenvalue weighted by Crippen LogP contribution is 2.21. The first-order valence-electron chi connectivity index (χ1n) is 5.38. The highest BCUT2D eigenvalue weighted by molar-refractivity contribution is 7.92. The predicted octanol–water partition coefficient (Wildman–Crippen LogP) is 0.786. The first-order valence-corrected chi connectivity index (χ1v) is 9.10. The molecular weight excluding hydrogens is 274 g/mol. The van der Waals surface area contributed by atoms with E-state index in [1.807, 2.05) is 0 Å². The first kappa shape index (κ1) is 15.0. The van der Waals surface area contributed by atoms with Crippen molar-refractivity contribution in [3.63, 3.8) is 0 Å². The van der Waals surface area contributed by atoms with Crippen LogP contribution >= 0.6 is 0 Å². The zero-order chi connectivity index (χ0) is 14.0. The molecule has 0 fully saturated rings. The zero-order valence-corrected chi connectivity index (χ0v) is 12.0. The van der Waals surface area contributed by atoms with Crippen molar-refractivity contribution in [2.24, 2.45) is 0 Å². The fourth-order valence-electron chi connectivity index (χ4n) is 1.53. The fraction of sp³-hybridized carbons (Fsp3) is 0.455. The minimum atomic E-state index is -3.53. The Morgan fingerprint density at radius 2 is 1.72 bits per heavy atom. The van der Waals surface area contributed by atoms with Crippen LogP contribution in [-0.4, -0.2) is 34.6 Å². The van der Waals surface area contributed by atoms with E-state index in [1.54, 1.807) is 19.1 Å². The van der Waals surface area contributed by atoms with Crippen molar-refractivity contribution in [1.29, 1.82) is 0 Å². The molecule has 0 aliphatic carbocycles. The molecule has 0 amide bonds. The summed E-state index contributed by atoms with van der Waals surface area (Å²) in [6.07, 6.45) is 1.16. The standard InChI is InChI=1S/C11H17NO4S2/c1-9-4-5-10(12)11(8-9)18(15,16)7-3-6-17(2,13)14/h4-5,8H,3,6-7,12H2,1-2H3. The van der Waals surface area contributed by atoms with Crippen molar-refractivity contribution in [2.45, 2.75) is 18.2 Å². The Kier molecular flexibility index (Phi) is 4.39. The summed E-state index contributed by atoms with van der Waals surface area (Å²) in [5, 5.41) is 0. The van der Waals surface area contributed by atoms with Gasteiger partial charge in [-0.1, -0.05) is 6.07 Å². The molecule has 1 aromatic rings. The lowest BCUT2D eigenvalue weighted by molar-refractivity contribution is 0.592. The monoisotopic (exact) mass is 291 g/mol. The van der Waals surface area contributed by atoms with Gasteiger partial charge in [0.1, 0.15) is 9.84 Å². The van der Waals surface area contributed by atoms with E-state index in [0.717, 1.165) is 11.8 Å². The molecule has 0 heterocycles. The van der Waals surface area contributed by atoms with Crippen LogP contribution in [0.25, 0.3) is 0 Å². The van der Waals surface area contributed by atoms with E-state index in [0.29, 0.717) is 0 Å². The topological polar surface area (TPSA) is 94.3 Å². The van der Waals surface area contributed by atoms with Crippen molar-refractivity contribution in [3.05, 3.63) is 23.8 Å². The largest absolute Gasteiger partial charge is 0.398 e. The van der Waals surface area contributed by atoms with Gasteiger partial charge in [-0.25, -0.2) is 16.8 Å². The molecule has 0 bridgehead atoms. The van der Waals surface area contributed by atoms with Gasteiger partial charge in [0, 0.05) is 6.26 Å². The maximum absolute atomic E-state index is 12.0. The second-order valence-electron chi connectivity index (χ2n) is 4.34. The summed E-state index contributed by atoms with van der Waals surface area (Å²) in [6, 6.07) is 4.77. The highest BCUT2D eigenvalue weighted by Gasteiger charge is 2.18. The summed E-state index contributed by atoms with van der Waals surface area (Å²) in [7, 11) is -6.67. The molecule has 0 saturated heterocycles. The first-order chi connectivity index (χ1) is 8.12. The number of hydrogen-bond donors (Lipinski definition) is 1. The lowest BCUT2D eigenvalue weighted by Gasteiger charge is -2.08. The Balaban J connectivity index is 2.90. The molecule has 1 aromatic carbocycles. The average Bonchev–Trinajstić information content (AvgIpc) is 2.19. The molecule has 0 aliphatic rings. The molecule has 5 nitrogen and oxygen atoms in total. The van der Waals surface area contributed by atoms with Crippen LogP contribution in [0.1, 0.15) is 12.0 Å². The summed E-state index contributed by atoms with van der Waals surface area (Å²) in [5.74, 6) is -0.355. The van der Waals surface area contributed by atoms with Gasteiger partial charge in [0.25, 0.3) is 0 Å². The predicted molar refractivity (Wildman–Crippen MR) is 72.0 cm³/mol. The van der Waals surface area contributed by atoms with E-state index in [-0.39, 0.29) is 28.5 Å². The van der Waals surface area contributed by atoms with Gasteiger partial charge in [-0.15, -0.1) is 0 Å². The molecule has 0 aromatic heterocycles. The maximum Gasteiger partial charge on any atom is 0.180 e. The van der Waals surface area contributed by atoms with Crippen molar-refractivity contribution in [1.82, 2.24) is 0 Å². The summed E-state index contributed by atoms with van der Waals surface area (Å²) in [5.41, 5.74) is 6.63. The number of sulfone groups is 2. The van der Waals surface area contributed by atoms with Crippen LogP contribution in [0.4, 0.5) is 5.69 Å². The quantitative estimate of drug-likeness (QED) is 0.809. The molecule has 102 valence electrons. The minimum Gasteiger partial charge on any atom is -0.398 e.